The van der Waals surface area contributed by atoms with Crippen molar-refractivity contribution >= 4 is 11.8 Å². The van der Waals surface area contributed by atoms with Gasteiger partial charge in [-0.2, -0.15) is 0 Å². The maximum Gasteiger partial charge on any atom is 0.471 e. The Bertz CT molecular complexity index is 657. The van der Waals surface area contributed by atoms with E-state index in [-0.39, 0.29) is 11.5 Å². The summed E-state index contributed by atoms with van der Waals surface area (Å²) in [5.74, 6) is -0.193. The molecule has 0 amide bonds. The molecule has 110 valence electrons. The molecule has 0 fully saturated rings. The highest BCUT2D eigenvalue weighted by molar-refractivity contribution is 6.07. The molecule has 2 rings (SSSR count). The molecule has 2 aromatic rings. The first-order valence-electron chi connectivity index (χ1n) is 6.41. The molecule has 0 aliphatic heterocycles. The van der Waals surface area contributed by atoms with E-state index in [1.54, 1.807) is 33.7 Å². The van der Waals surface area contributed by atoms with E-state index in [1.807, 2.05) is 34.3 Å². The van der Waals surface area contributed by atoms with E-state index in [4.69, 9.17) is 4.84 Å². The topological polar surface area (TPSA) is 63.3 Å². The Morgan fingerprint density at radius 3 is 2.48 bits per heavy atom. The van der Waals surface area contributed by atoms with Gasteiger partial charge in [0, 0.05) is 5.56 Å². The van der Waals surface area contributed by atoms with Gasteiger partial charge in [0.1, 0.15) is 0 Å². The van der Waals surface area contributed by atoms with Gasteiger partial charge in [-0.3, -0.25) is 9.63 Å². The highest BCUT2D eigenvalue weighted by Gasteiger charge is 2.18. The summed E-state index contributed by atoms with van der Waals surface area (Å²) in [6.45, 7) is 0. The van der Waals surface area contributed by atoms with Crippen LogP contribution in [0.25, 0.3) is 0 Å². The molecule has 1 aromatic heterocycles. The first kappa shape index (κ1) is 14.7. The second kappa shape index (κ2) is 6.17. The minimum Gasteiger partial charge on any atom is -0.287 e. The lowest BCUT2D eigenvalue weighted by Gasteiger charge is -2.09. The summed E-state index contributed by atoms with van der Waals surface area (Å²) in [4.78, 5) is 20.7. The average Bonchev–Trinajstić information content (AvgIpc) is 2.93. The van der Waals surface area contributed by atoms with E-state index in [2.05, 4.69) is 10.3 Å². The molecule has 0 bridgehead atoms. The van der Waals surface area contributed by atoms with Gasteiger partial charge in [-0.1, -0.05) is 35.2 Å². The molecule has 21 heavy (non-hydrogen) atoms. The Morgan fingerprint density at radius 1 is 1.24 bits per heavy atom. The third-order valence-corrected chi connectivity index (χ3v) is 2.68. The molecular weight excluding hydrogens is 270 g/mol. The molecule has 0 atom stereocenters. The highest BCUT2D eigenvalue weighted by Crippen LogP contribution is 2.06. The summed E-state index contributed by atoms with van der Waals surface area (Å²) >= 11 is 0. The van der Waals surface area contributed by atoms with Gasteiger partial charge < -0.3 is 0 Å². The molecule has 0 saturated carbocycles. The molecule has 0 saturated heterocycles. The average molecular weight is 288 g/mol. The molecule has 0 radical (unpaired) electrons. The van der Waals surface area contributed by atoms with Crippen molar-refractivity contribution in [1.29, 1.82) is 0 Å². The number of nitrogens with zero attached hydrogens (tertiary/aromatic N) is 5. The number of carbonyl (C=O) groups excluding carboxylic acids is 1. The standard InChI is InChI=1S/C14H18N5O2/c1-17(2)14(18(3)4)21-19-10-12(15-16-19)13(20)11-8-6-5-7-9-11/h5-10H,1-4H3/q+1. The number of hydrogen-bond donors (Lipinski definition) is 0. The molecule has 7 nitrogen and oxygen atoms in total. The number of hydrogen-bond acceptors (Lipinski definition) is 4. The smallest absolute Gasteiger partial charge is 0.287 e. The molecule has 0 spiro atoms. The maximum absolute atomic E-state index is 12.2. The molecular formula is C14H18N5O2+. The van der Waals surface area contributed by atoms with Crippen LogP contribution in [0.15, 0.2) is 36.5 Å². The molecule has 1 aromatic carbocycles. The van der Waals surface area contributed by atoms with Crippen LogP contribution in [0.2, 0.25) is 0 Å². The van der Waals surface area contributed by atoms with E-state index in [1.165, 1.54) is 11.0 Å². The van der Waals surface area contributed by atoms with Crippen LogP contribution in [-0.4, -0.2) is 64.6 Å². The van der Waals surface area contributed by atoms with Crippen molar-refractivity contribution in [3.05, 3.63) is 47.8 Å². The van der Waals surface area contributed by atoms with Crippen LogP contribution in [0.1, 0.15) is 16.1 Å². The largest absolute Gasteiger partial charge is 0.471 e. The number of rotatable bonds is 3. The summed E-state index contributed by atoms with van der Waals surface area (Å²) in [6.07, 6.45) is 1.46. The summed E-state index contributed by atoms with van der Waals surface area (Å²) in [7, 11) is 7.40. The van der Waals surface area contributed by atoms with Crippen LogP contribution in [0.5, 0.6) is 0 Å². The lowest BCUT2D eigenvalue weighted by Crippen LogP contribution is -2.38. The molecule has 1 heterocycles. The van der Waals surface area contributed by atoms with Crippen molar-refractivity contribution < 1.29 is 14.2 Å². The van der Waals surface area contributed by atoms with E-state index < -0.39 is 0 Å². The molecule has 0 N–H and O–H groups in total. The van der Waals surface area contributed by atoms with Crippen LogP contribution >= 0.6 is 0 Å². The van der Waals surface area contributed by atoms with E-state index in [0.29, 0.717) is 11.6 Å². The number of carbonyl (C=O) groups is 1. The first-order chi connectivity index (χ1) is 9.99. The Balaban J connectivity index is 2.19. The minimum absolute atomic E-state index is 0.193. The van der Waals surface area contributed by atoms with Crippen molar-refractivity contribution in [2.45, 2.75) is 0 Å². The summed E-state index contributed by atoms with van der Waals surface area (Å²) < 4.78 is 1.79. The first-order valence-corrected chi connectivity index (χ1v) is 6.41. The highest BCUT2D eigenvalue weighted by atomic mass is 16.7. The van der Waals surface area contributed by atoms with Gasteiger partial charge >= 0.3 is 6.02 Å². The minimum atomic E-state index is -0.193. The van der Waals surface area contributed by atoms with Gasteiger partial charge in [-0.25, -0.2) is 9.48 Å². The maximum atomic E-state index is 12.2. The van der Waals surface area contributed by atoms with E-state index in [0.717, 1.165) is 0 Å². The van der Waals surface area contributed by atoms with Gasteiger partial charge in [0.15, 0.2) is 5.69 Å². The third-order valence-electron chi connectivity index (χ3n) is 2.68. The van der Waals surface area contributed by atoms with Crippen LogP contribution in [-0.2, 0) is 0 Å². The van der Waals surface area contributed by atoms with Crippen LogP contribution < -0.4 is 4.84 Å². The number of benzene rings is 1. The zero-order valence-electron chi connectivity index (χ0n) is 12.5. The van der Waals surface area contributed by atoms with E-state index >= 15 is 0 Å². The Labute approximate surface area is 123 Å². The quantitative estimate of drug-likeness (QED) is 0.348. The molecule has 0 aliphatic carbocycles. The van der Waals surface area contributed by atoms with Gasteiger partial charge in [0.25, 0.3) is 0 Å². The second-order valence-electron chi connectivity index (χ2n) is 4.86. The fraction of sp³-hybridized carbons (Fsp3) is 0.286. The van der Waals surface area contributed by atoms with Gasteiger partial charge in [0.05, 0.1) is 34.4 Å². The number of ketones is 1. The van der Waals surface area contributed by atoms with Crippen molar-refractivity contribution in [2.24, 2.45) is 0 Å². The summed E-state index contributed by atoms with van der Waals surface area (Å²) in [5, 5.41) is 7.67. The second-order valence-corrected chi connectivity index (χ2v) is 4.86. The third kappa shape index (κ3) is 3.44. The fourth-order valence-electron chi connectivity index (χ4n) is 1.78. The molecule has 7 heteroatoms. The van der Waals surface area contributed by atoms with Crippen molar-refractivity contribution in [2.75, 3.05) is 28.2 Å². The predicted octanol–water partition coefficient (Wildman–Crippen LogP) is 0.127. The SMILES string of the molecule is CN(C)C(On1cc(C(=O)c2ccccc2)nn1)=[N+](C)C. The Hall–Kier alpha value is -2.70. The fourth-order valence-corrected chi connectivity index (χ4v) is 1.78. The van der Waals surface area contributed by atoms with Crippen molar-refractivity contribution in [1.82, 2.24) is 20.1 Å². The number of amidine groups is 1. The predicted molar refractivity (Wildman–Crippen MR) is 77.3 cm³/mol. The van der Waals surface area contributed by atoms with Crippen molar-refractivity contribution in [3.8, 4) is 0 Å². The summed E-state index contributed by atoms with van der Waals surface area (Å²) in [5.41, 5.74) is 0.798. The van der Waals surface area contributed by atoms with Crippen LogP contribution in [0.3, 0.4) is 0 Å². The lowest BCUT2D eigenvalue weighted by molar-refractivity contribution is -0.480. The number of aromatic nitrogens is 3. The Morgan fingerprint density at radius 2 is 1.90 bits per heavy atom. The zero-order valence-corrected chi connectivity index (χ0v) is 12.5. The van der Waals surface area contributed by atoms with Gasteiger partial charge in [0.2, 0.25) is 5.78 Å². The Kier molecular flexibility index (Phi) is 4.32. The van der Waals surface area contributed by atoms with Crippen LogP contribution in [0, 0.1) is 0 Å². The normalized spacial score (nSPS) is 10.1. The zero-order chi connectivity index (χ0) is 15.4. The summed E-state index contributed by atoms with van der Waals surface area (Å²) in [6, 6.07) is 9.50. The molecule has 0 unspecified atom stereocenters. The van der Waals surface area contributed by atoms with Gasteiger partial charge in [-0.05, 0) is 5.21 Å². The van der Waals surface area contributed by atoms with Gasteiger partial charge in [-0.15, -0.1) is 5.10 Å². The molecule has 0 aliphatic rings. The lowest BCUT2D eigenvalue weighted by atomic mass is 10.1. The van der Waals surface area contributed by atoms with Crippen LogP contribution in [0.4, 0.5) is 0 Å². The van der Waals surface area contributed by atoms with E-state index in [9.17, 15) is 4.79 Å². The van der Waals surface area contributed by atoms with Crippen molar-refractivity contribution in [3.63, 3.8) is 0 Å². The monoisotopic (exact) mass is 288 g/mol.